The molecule has 1 amide bonds. The smallest absolute Gasteiger partial charge is 0.340 e. The van der Waals surface area contributed by atoms with Crippen molar-refractivity contribution in [3.05, 3.63) is 63.4 Å². The Hall–Kier alpha value is -3.02. The molecular formula is C25H29NO5. The van der Waals surface area contributed by atoms with Crippen LogP contribution in [0.1, 0.15) is 56.1 Å². The van der Waals surface area contributed by atoms with Gasteiger partial charge in [-0.2, -0.15) is 0 Å². The van der Waals surface area contributed by atoms with Crippen LogP contribution in [-0.2, 0) is 24.1 Å². The van der Waals surface area contributed by atoms with Gasteiger partial charge in [0.2, 0.25) is 5.91 Å². The Labute approximate surface area is 181 Å². The number of fused-ring (bicyclic) bond motifs is 2. The highest BCUT2D eigenvalue weighted by molar-refractivity contribution is 5.86. The number of furan rings is 1. The minimum atomic E-state index is -0.474. The predicted molar refractivity (Wildman–Crippen MR) is 119 cm³/mol. The maximum atomic E-state index is 12.7. The van der Waals surface area contributed by atoms with E-state index in [4.69, 9.17) is 13.6 Å². The van der Waals surface area contributed by atoms with Crippen molar-refractivity contribution in [1.82, 2.24) is 5.32 Å². The Morgan fingerprint density at radius 2 is 2.10 bits per heavy atom. The van der Waals surface area contributed by atoms with Crippen LogP contribution in [0.5, 0.6) is 5.75 Å². The van der Waals surface area contributed by atoms with E-state index < -0.39 is 5.63 Å². The van der Waals surface area contributed by atoms with Crippen LogP contribution in [-0.4, -0.2) is 17.6 Å². The fraction of sp³-hybridized carbons (Fsp3) is 0.440. The summed E-state index contributed by atoms with van der Waals surface area (Å²) in [7, 11) is 0. The first-order chi connectivity index (χ1) is 14.7. The Bertz CT molecular complexity index is 1160. The third-order valence-corrected chi connectivity index (χ3v) is 6.00. The SMILES string of the molecule is Cc1c(CC(=O)NC(C)CCc2ccco2)c(=O)oc2cc3c(cc12)CCC(C)(C)O3. The van der Waals surface area contributed by atoms with Gasteiger partial charge in [0, 0.05) is 23.9 Å². The zero-order valence-electron chi connectivity index (χ0n) is 18.5. The van der Waals surface area contributed by atoms with Crippen LogP contribution in [0, 0.1) is 6.92 Å². The molecule has 1 aromatic carbocycles. The lowest BCUT2D eigenvalue weighted by Gasteiger charge is -2.32. The Morgan fingerprint density at radius 1 is 1.29 bits per heavy atom. The molecule has 3 heterocycles. The second kappa shape index (κ2) is 8.25. The molecule has 164 valence electrons. The molecule has 3 aromatic rings. The average Bonchev–Trinajstić information content (AvgIpc) is 3.21. The largest absolute Gasteiger partial charge is 0.487 e. The van der Waals surface area contributed by atoms with Crippen LogP contribution < -0.4 is 15.7 Å². The Morgan fingerprint density at radius 3 is 2.84 bits per heavy atom. The second-order valence-corrected chi connectivity index (χ2v) is 9.07. The van der Waals surface area contributed by atoms with Gasteiger partial charge in [0.05, 0.1) is 18.2 Å². The van der Waals surface area contributed by atoms with Crippen molar-refractivity contribution in [3.8, 4) is 5.75 Å². The fourth-order valence-electron chi connectivity index (χ4n) is 4.11. The van der Waals surface area contributed by atoms with Crippen molar-refractivity contribution in [2.45, 2.75) is 71.4 Å². The quantitative estimate of drug-likeness (QED) is 0.591. The molecular weight excluding hydrogens is 394 g/mol. The van der Waals surface area contributed by atoms with E-state index >= 15 is 0 Å². The molecule has 1 atom stereocenters. The number of aryl methyl sites for hydroxylation is 3. The number of rotatable bonds is 6. The zero-order chi connectivity index (χ0) is 22.2. The topological polar surface area (TPSA) is 81.7 Å². The van der Waals surface area contributed by atoms with Crippen molar-refractivity contribution in [2.75, 3.05) is 0 Å². The molecule has 4 rings (SSSR count). The monoisotopic (exact) mass is 423 g/mol. The molecule has 0 bridgehead atoms. The first-order valence-corrected chi connectivity index (χ1v) is 10.8. The van der Waals surface area contributed by atoms with Gasteiger partial charge in [-0.1, -0.05) is 0 Å². The van der Waals surface area contributed by atoms with Crippen LogP contribution in [0.4, 0.5) is 0 Å². The molecule has 31 heavy (non-hydrogen) atoms. The normalized spacial score (nSPS) is 15.9. The molecule has 0 saturated heterocycles. The number of nitrogens with one attached hydrogen (secondary N) is 1. The zero-order valence-corrected chi connectivity index (χ0v) is 18.5. The highest BCUT2D eigenvalue weighted by Gasteiger charge is 2.28. The number of benzene rings is 1. The maximum absolute atomic E-state index is 12.7. The number of hydrogen-bond donors (Lipinski definition) is 1. The summed E-state index contributed by atoms with van der Waals surface area (Å²) in [5.74, 6) is 1.47. The summed E-state index contributed by atoms with van der Waals surface area (Å²) in [5.41, 5.74) is 2.08. The molecule has 6 nitrogen and oxygen atoms in total. The second-order valence-electron chi connectivity index (χ2n) is 9.07. The van der Waals surface area contributed by atoms with Gasteiger partial charge in [-0.05, 0) is 76.3 Å². The van der Waals surface area contributed by atoms with Gasteiger partial charge < -0.3 is 18.9 Å². The van der Waals surface area contributed by atoms with Crippen LogP contribution in [0.25, 0.3) is 11.0 Å². The summed E-state index contributed by atoms with van der Waals surface area (Å²) in [4.78, 5) is 25.2. The Kier molecular flexibility index (Phi) is 5.65. The van der Waals surface area contributed by atoms with E-state index in [1.54, 1.807) is 12.3 Å². The Balaban J connectivity index is 1.51. The van der Waals surface area contributed by atoms with Crippen LogP contribution in [0.15, 0.2) is 44.2 Å². The molecule has 0 fully saturated rings. The van der Waals surface area contributed by atoms with E-state index in [0.717, 1.165) is 53.7 Å². The molecule has 1 aliphatic heterocycles. The van der Waals surface area contributed by atoms with Crippen LogP contribution in [0.2, 0.25) is 0 Å². The predicted octanol–water partition coefficient (Wildman–Crippen LogP) is 4.48. The maximum Gasteiger partial charge on any atom is 0.340 e. The van der Waals surface area contributed by atoms with Gasteiger partial charge in [0.25, 0.3) is 0 Å². The number of hydrogen-bond acceptors (Lipinski definition) is 5. The van der Waals surface area contributed by atoms with Crippen molar-refractivity contribution in [1.29, 1.82) is 0 Å². The highest BCUT2D eigenvalue weighted by atomic mass is 16.5. The van der Waals surface area contributed by atoms with Gasteiger partial charge >= 0.3 is 5.63 Å². The number of amides is 1. The van der Waals surface area contributed by atoms with Gasteiger partial charge in [-0.25, -0.2) is 4.79 Å². The minimum Gasteiger partial charge on any atom is -0.487 e. The van der Waals surface area contributed by atoms with Gasteiger partial charge in [-0.15, -0.1) is 0 Å². The lowest BCUT2D eigenvalue weighted by atomic mass is 9.92. The molecule has 0 radical (unpaired) electrons. The summed E-state index contributed by atoms with van der Waals surface area (Å²) in [6.07, 6.45) is 4.97. The van der Waals surface area contributed by atoms with Crippen LogP contribution >= 0.6 is 0 Å². The van der Waals surface area contributed by atoms with E-state index in [1.165, 1.54) is 0 Å². The molecule has 1 N–H and O–H groups in total. The summed E-state index contributed by atoms with van der Waals surface area (Å²) < 4.78 is 17.0. The summed E-state index contributed by atoms with van der Waals surface area (Å²) in [6, 6.07) is 7.58. The number of carbonyl (C=O) groups is 1. The number of carbonyl (C=O) groups excluding carboxylic acids is 1. The molecule has 6 heteroatoms. The lowest BCUT2D eigenvalue weighted by Crippen LogP contribution is -2.35. The third-order valence-electron chi connectivity index (χ3n) is 6.00. The van der Waals surface area contributed by atoms with Crippen LogP contribution in [0.3, 0.4) is 0 Å². The fourth-order valence-corrected chi connectivity index (χ4v) is 4.11. The number of ether oxygens (including phenoxy) is 1. The summed E-state index contributed by atoms with van der Waals surface area (Å²) in [5, 5.41) is 3.83. The standard InChI is InChI=1S/C25H29NO5/c1-15(7-8-18-6-5-11-29-18)26-23(27)13-20-16(2)19-12-17-9-10-25(3,4)31-21(17)14-22(19)30-24(20)28/h5-6,11-12,14-15H,7-10,13H2,1-4H3,(H,26,27). The van der Waals surface area contributed by atoms with Gasteiger partial charge in [0.15, 0.2) is 0 Å². The van der Waals surface area contributed by atoms with Gasteiger partial charge in [-0.3, -0.25) is 4.79 Å². The molecule has 1 aliphatic rings. The summed E-state index contributed by atoms with van der Waals surface area (Å²) in [6.45, 7) is 7.93. The molecule has 1 unspecified atom stereocenters. The third kappa shape index (κ3) is 4.68. The van der Waals surface area contributed by atoms with E-state index in [9.17, 15) is 9.59 Å². The molecule has 0 saturated carbocycles. The first kappa shape index (κ1) is 21.2. The van der Waals surface area contributed by atoms with E-state index in [-0.39, 0.29) is 24.0 Å². The van der Waals surface area contributed by atoms with E-state index in [1.807, 2.05) is 32.0 Å². The van der Waals surface area contributed by atoms with E-state index in [0.29, 0.717) is 11.1 Å². The molecule has 0 spiro atoms. The van der Waals surface area contributed by atoms with Crippen molar-refractivity contribution in [3.63, 3.8) is 0 Å². The average molecular weight is 424 g/mol. The first-order valence-electron chi connectivity index (χ1n) is 10.8. The summed E-state index contributed by atoms with van der Waals surface area (Å²) >= 11 is 0. The molecule has 2 aromatic heterocycles. The van der Waals surface area contributed by atoms with E-state index in [2.05, 4.69) is 19.2 Å². The highest BCUT2D eigenvalue weighted by Crippen LogP contribution is 2.36. The van der Waals surface area contributed by atoms with Crippen molar-refractivity contribution >= 4 is 16.9 Å². The minimum absolute atomic E-state index is 0.00415. The van der Waals surface area contributed by atoms with Crippen molar-refractivity contribution < 1.29 is 18.4 Å². The molecule has 0 aliphatic carbocycles. The lowest BCUT2D eigenvalue weighted by molar-refractivity contribution is -0.121. The van der Waals surface area contributed by atoms with Crippen molar-refractivity contribution in [2.24, 2.45) is 0 Å². The van der Waals surface area contributed by atoms with Gasteiger partial charge in [0.1, 0.15) is 22.7 Å².